The smallest absolute Gasteiger partial charge is 0.265 e. The van der Waals surface area contributed by atoms with E-state index >= 15 is 0 Å². The Kier molecular flexibility index (Phi) is 4.17. The number of primary amides is 1. The number of hydrogen-bond acceptors (Lipinski definition) is 4. The third-order valence-electron chi connectivity index (χ3n) is 3.65. The summed E-state index contributed by atoms with van der Waals surface area (Å²) in [6.07, 6.45) is 1.43. The number of aryl methyl sites for hydroxylation is 1. The highest BCUT2D eigenvalue weighted by atomic mass is 32.2. The predicted molar refractivity (Wildman–Crippen MR) is 74.8 cm³/mol. The van der Waals surface area contributed by atoms with E-state index in [1.165, 1.54) is 21.1 Å². The first-order valence-corrected chi connectivity index (χ1v) is 7.99. The SMILES string of the molecule is CCN1CCN(S(=O)(=O)c2cc(C(N)=O)n(C)c2)CC1. The van der Waals surface area contributed by atoms with Gasteiger partial charge in [-0.25, -0.2) is 8.42 Å². The molecule has 0 spiro atoms. The zero-order valence-corrected chi connectivity index (χ0v) is 12.6. The molecule has 0 aromatic carbocycles. The van der Waals surface area contributed by atoms with Crippen LogP contribution < -0.4 is 5.73 Å². The standard InChI is InChI=1S/C12H20N4O3S/c1-3-15-4-6-16(7-5-15)20(18,19)10-8-11(12(13)17)14(2)9-10/h8-9H,3-7H2,1-2H3,(H2,13,17). The molecule has 0 saturated carbocycles. The lowest BCUT2D eigenvalue weighted by atomic mass is 10.4. The van der Waals surface area contributed by atoms with Crippen molar-refractivity contribution in [2.75, 3.05) is 32.7 Å². The minimum Gasteiger partial charge on any atom is -0.364 e. The van der Waals surface area contributed by atoms with Crippen LogP contribution in [-0.4, -0.2) is 60.8 Å². The van der Waals surface area contributed by atoms with E-state index in [4.69, 9.17) is 5.73 Å². The molecule has 2 rings (SSSR count). The Morgan fingerprint density at radius 2 is 1.90 bits per heavy atom. The maximum absolute atomic E-state index is 12.5. The van der Waals surface area contributed by atoms with Crippen LogP contribution in [0.2, 0.25) is 0 Å². The number of nitrogens with zero attached hydrogens (tertiary/aromatic N) is 3. The van der Waals surface area contributed by atoms with Gasteiger partial charge in [0.1, 0.15) is 10.6 Å². The summed E-state index contributed by atoms with van der Waals surface area (Å²) in [6, 6.07) is 1.34. The van der Waals surface area contributed by atoms with E-state index in [-0.39, 0.29) is 10.6 Å². The fraction of sp³-hybridized carbons (Fsp3) is 0.583. The Morgan fingerprint density at radius 1 is 1.30 bits per heavy atom. The molecule has 1 aliphatic rings. The van der Waals surface area contributed by atoms with E-state index in [1.54, 1.807) is 7.05 Å². The average Bonchev–Trinajstić information content (AvgIpc) is 2.82. The second-order valence-corrected chi connectivity index (χ2v) is 6.81. The largest absolute Gasteiger partial charge is 0.364 e. The highest BCUT2D eigenvalue weighted by molar-refractivity contribution is 7.89. The number of likely N-dealkylation sites (N-methyl/N-ethyl adjacent to an activating group) is 1. The van der Waals surface area contributed by atoms with Crippen molar-refractivity contribution in [2.45, 2.75) is 11.8 Å². The molecule has 2 heterocycles. The fourth-order valence-corrected chi connectivity index (χ4v) is 3.85. The first-order valence-electron chi connectivity index (χ1n) is 6.55. The number of rotatable bonds is 4. The summed E-state index contributed by atoms with van der Waals surface area (Å²) >= 11 is 0. The molecular weight excluding hydrogens is 280 g/mol. The van der Waals surface area contributed by atoms with E-state index in [2.05, 4.69) is 11.8 Å². The van der Waals surface area contributed by atoms with E-state index in [9.17, 15) is 13.2 Å². The van der Waals surface area contributed by atoms with Crippen LogP contribution in [0.15, 0.2) is 17.2 Å². The Labute approximate surface area is 119 Å². The third kappa shape index (κ3) is 2.72. The van der Waals surface area contributed by atoms with Crippen molar-refractivity contribution in [3.63, 3.8) is 0 Å². The Bertz CT molecular complexity index is 600. The van der Waals surface area contributed by atoms with Crippen molar-refractivity contribution >= 4 is 15.9 Å². The summed E-state index contributed by atoms with van der Waals surface area (Å²) < 4.78 is 27.9. The maximum atomic E-state index is 12.5. The summed E-state index contributed by atoms with van der Waals surface area (Å²) in [7, 11) is -1.95. The van der Waals surface area contributed by atoms with Crippen LogP contribution in [0.3, 0.4) is 0 Å². The van der Waals surface area contributed by atoms with E-state index < -0.39 is 15.9 Å². The van der Waals surface area contributed by atoms with Crippen molar-refractivity contribution in [3.05, 3.63) is 18.0 Å². The van der Waals surface area contributed by atoms with Gasteiger partial charge < -0.3 is 15.2 Å². The molecular formula is C12H20N4O3S. The lowest BCUT2D eigenvalue weighted by molar-refractivity contribution is 0.0992. The molecule has 1 amide bonds. The molecule has 1 aromatic heterocycles. The molecule has 20 heavy (non-hydrogen) atoms. The van der Waals surface area contributed by atoms with Gasteiger partial charge in [0.2, 0.25) is 10.0 Å². The molecule has 2 N–H and O–H groups in total. The first-order chi connectivity index (χ1) is 9.36. The molecule has 112 valence electrons. The number of sulfonamides is 1. The van der Waals surface area contributed by atoms with Crippen LogP contribution in [0.25, 0.3) is 0 Å². The van der Waals surface area contributed by atoms with Crippen LogP contribution in [0.1, 0.15) is 17.4 Å². The monoisotopic (exact) mass is 300 g/mol. The highest BCUT2D eigenvalue weighted by Gasteiger charge is 2.29. The maximum Gasteiger partial charge on any atom is 0.265 e. The van der Waals surface area contributed by atoms with Crippen molar-refractivity contribution in [1.29, 1.82) is 0 Å². The summed E-state index contributed by atoms with van der Waals surface area (Å²) in [4.78, 5) is 13.5. The molecule has 0 unspecified atom stereocenters. The van der Waals surface area contributed by atoms with Gasteiger partial charge in [-0.05, 0) is 12.6 Å². The van der Waals surface area contributed by atoms with Crippen LogP contribution >= 0.6 is 0 Å². The van der Waals surface area contributed by atoms with Crippen LogP contribution in [0.4, 0.5) is 0 Å². The molecule has 1 saturated heterocycles. The van der Waals surface area contributed by atoms with Gasteiger partial charge in [0.15, 0.2) is 0 Å². The van der Waals surface area contributed by atoms with Crippen molar-refractivity contribution in [2.24, 2.45) is 12.8 Å². The summed E-state index contributed by atoms with van der Waals surface area (Å²) in [6.45, 7) is 5.37. The molecule has 0 bridgehead atoms. The zero-order valence-electron chi connectivity index (χ0n) is 11.7. The molecule has 8 heteroatoms. The summed E-state index contributed by atoms with van der Waals surface area (Å²) in [5, 5.41) is 0. The molecule has 1 aromatic rings. The van der Waals surface area contributed by atoms with Gasteiger partial charge in [-0.2, -0.15) is 4.31 Å². The molecule has 7 nitrogen and oxygen atoms in total. The third-order valence-corrected chi connectivity index (χ3v) is 5.51. The fourth-order valence-electron chi connectivity index (χ4n) is 2.36. The van der Waals surface area contributed by atoms with Gasteiger partial charge in [0, 0.05) is 39.4 Å². The van der Waals surface area contributed by atoms with Crippen LogP contribution in [0, 0.1) is 0 Å². The number of nitrogens with two attached hydrogens (primary N) is 1. The lowest BCUT2D eigenvalue weighted by Crippen LogP contribution is -2.48. The minimum absolute atomic E-state index is 0.124. The normalized spacial score (nSPS) is 18.3. The zero-order chi connectivity index (χ0) is 14.9. The lowest BCUT2D eigenvalue weighted by Gasteiger charge is -2.32. The molecule has 0 atom stereocenters. The van der Waals surface area contributed by atoms with Crippen LogP contribution in [0.5, 0.6) is 0 Å². The van der Waals surface area contributed by atoms with Gasteiger partial charge in [-0.15, -0.1) is 0 Å². The Balaban J connectivity index is 2.23. The van der Waals surface area contributed by atoms with Gasteiger partial charge in [-0.1, -0.05) is 6.92 Å². The van der Waals surface area contributed by atoms with E-state index in [0.717, 1.165) is 19.6 Å². The average molecular weight is 300 g/mol. The Hall–Kier alpha value is -1.38. The van der Waals surface area contributed by atoms with Gasteiger partial charge in [0.25, 0.3) is 5.91 Å². The van der Waals surface area contributed by atoms with Gasteiger partial charge in [-0.3, -0.25) is 4.79 Å². The topological polar surface area (TPSA) is 88.6 Å². The van der Waals surface area contributed by atoms with Crippen LogP contribution in [-0.2, 0) is 17.1 Å². The molecule has 1 aliphatic heterocycles. The number of carbonyl (C=O) groups is 1. The number of carbonyl (C=O) groups excluding carboxylic acids is 1. The van der Waals surface area contributed by atoms with E-state index in [0.29, 0.717) is 13.1 Å². The quantitative estimate of drug-likeness (QED) is 0.808. The van der Waals surface area contributed by atoms with Crippen molar-refractivity contribution in [3.8, 4) is 0 Å². The predicted octanol–water partition coefficient (Wildman–Crippen LogP) is -0.550. The second kappa shape index (κ2) is 5.55. The second-order valence-electron chi connectivity index (χ2n) is 4.87. The first kappa shape index (κ1) is 15.0. The molecule has 0 radical (unpaired) electrons. The van der Waals surface area contributed by atoms with Crippen molar-refractivity contribution in [1.82, 2.24) is 13.8 Å². The minimum atomic E-state index is -3.55. The Morgan fingerprint density at radius 3 is 2.35 bits per heavy atom. The number of piperazine rings is 1. The number of amides is 1. The highest BCUT2D eigenvalue weighted by Crippen LogP contribution is 2.19. The summed E-state index contributed by atoms with van der Waals surface area (Å²) in [5.74, 6) is -0.634. The molecule has 0 aliphatic carbocycles. The number of aromatic nitrogens is 1. The van der Waals surface area contributed by atoms with Gasteiger partial charge in [0.05, 0.1) is 0 Å². The summed E-state index contributed by atoms with van der Waals surface area (Å²) in [5.41, 5.74) is 5.40. The van der Waals surface area contributed by atoms with Crippen molar-refractivity contribution < 1.29 is 13.2 Å². The number of hydrogen-bond donors (Lipinski definition) is 1. The van der Waals surface area contributed by atoms with Gasteiger partial charge >= 0.3 is 0 Å². The van der Waals surface area contributed by atoms with E-state index in [1.807, 2.05) is 0 Å². The molecule has 1 fully saturated rings.